The fraction of sp³-hybridized carbons (Fsp3) is 0.611. The van der Waals surface area contributed by atoms with Crippen LogP contribution in [-0.2, 0) is 20.5 Å². The van der Waals surface area contributed by atoms with Crippen molar-refractivity contribution < 1.29 is 9.59 Å². The molecule has 226 valence electrons. The Morgan fingerprint density at radius 3 is 1.85 bits per heavy atom. The number of carbonyl (C=O) groups excluding carboxylic acids is 2. The predicted molar refractivity (Wildman–Crippen MR) is 175 cm³/mol. The number of benzene rings is 2. The average molecular weight is 572 g/mol. The van der Waals surface area contributed by atoms with Crippen molar-refractivity contribution >= 4 is 23.3 Å². The predicted octanol–water partition coefficient (Wildman–Crippen LogP) is 10.7. The summed E-state index contributed by atoms with van der Waals surface area (Å²) in [6.45, 7) is 20.8. The molecule has 0 aromatic heterocycles. The lowest BCUT2D eigenvalue weighted by Crippen LogP contribution is -2.50. The smallest absolute Gasteiger partial charge is 0.231 e. The van der Waals surface area contributed by atoms with Crippen LogP contribution >= 0.6 is 11.6 Å². The molecule has 1 N–H and O–H groups in total. The number of ketones is 1. The Morgan fingerprint density at radius 2 is 1.43 bits per heavy atom. The van der Waals surface area contributed by atoms with E-state index in [9.17, 15) is 9.59 Å². The van der Waals surface area contributed by atoms with Crippen molar-refractivity contribution in [2.24, 2.45) is 5.92 Å². The number of aryl methyl sites for hydroxylation is 1. The molecule has 0 bridgehead atoms. The van der Waals surface area contributed by atoms with Gasteiger partial charge in [-0.2, -0.15) is 0 Å². The largest absolute Gasteiger partial charge is 0.346 e. The second-order valence-corrected chi connectivity index (χ2v) is 12.4. The number of amides is 1. The summed E-state index contributed by atoms with van der Waals surface area (Å²) in [5.74, 6) is 1.32. The molecule has 1 atom stereocenters. The van der Waals surface area contributed by atoms with E-state index in [0.717, 1.165) is 59.7 Å². The quantitative estimate of drug-likeness (QED) is 0.260. The Morgan fingerprint density at radius 1 is 0.850 bits per heavy atom. The third-order valence-corrected chi connectivity index (χ3v) is 7.84. The second-order valence-electron chi connectivity index (χ2n) is 12.0. The normalized spacial score (nSPS) is 12.4. The topological polar surface area (TPSA) is 46.2 Å². The molecule has 0 aliphatic heterocycles. The summed E-state index contributed by atoms with van der Waals surface area (Å²) in [6, 6.07) is 16.0. The molecule has 0 radical (unpaired) electrons. The van der Waals surface area contributed by atoms with Gasteiger partial charge < -0.3 is 10.1 Å². The minimum Gasteiger partial charge on any atom is -0.346 e. The second kappa shape index (κ2) is 19.9. The Bertz CT molecular complexity index is 980. The fourth-order valence-corrected chi connectivity index (χ4v) is 4.90. The van der Waals surface area contributed by atoms with Crippen molar-refractivity contribution in [2.45, 2.75) is 138 Å². The van der Waals surface area contributed by atoms with E-state index in [0.29, 0.717) is 5.78 Å². The van der Waals surface area contributed by atoms with Crippen molar-refractivity contribution in [3.8, 4) is 0 Å². The fourth-order valence-electron chi connectivity index (χ4n) is 4.78. The van der Waals surface area contributed by atoms with Crippen LogP contribution in [-0.4, -0.2) is 11.7 Å². The summed E-state index contributed by atoms with van der Waals surface area (Å²) in [6.07, 6.45) is 10.2. The zero-order valence-electron chi connectivity index (χ0n) is 27.3. The third kappa shape index (κ3) is 14.0. The molecule has 2 rings (SSSR count). The van der Waals surface area contributed by atoms with E-state index in [-0.39, 0.29) is 5.91 Å². The van der Waals surface area contributed by atoms with Gasteiger partial charge in [0, 0.05) is 11.4 Å². The lowest BCUT2D eigenvalue weighted by molar-refractivity contribution is -0.128. The molecule has 0 aliphatic rings. The maximum atomic E-state index is 13.3. The maximum Gasteiger partial charge on any atom is 0.231 e. The van der Waals surface area contributed by atoms with Gasteiger partial charge in [-0.05, 0) is 76.1 Å². The monoisotopic (exact) mass is 571 g/mol. The van der Waals surface area contributed by atoms with Gasteiger partial charge in [0.2, 0.25) is 5.91 Å². The summed E-state index contributed by atoms with van der Waals surface area (Å²) in [7, 11) is 0. The van der Waals surface area contributed by atoms with Crippen LogP contribution in [0.15, 0.2) is 48.5 Å². The van der Waals surface area contributed by atoms with Gasteiger partial charge in [-0.15, -0.1) is 0 Å². The molecular formula is C36H58ClNO2. The van der Waals surface area contributed by atoms with Crippen LogP contribution in [0.2, 0.25) is 5.02 Å². The Kier molecular flexibility index (Phi) is 18.8. The minimum atomic E-state index is -0.587. The average Bonchev–Trinajstić information content (AvgIpc) is 2.90. The minimum absolute atomic E-state index is 0.0462. The van der Waals surface area contributed by atoms with Gasteiger partial charge in [0.25, 0.3) is 0 Å². The lowest BCUT2D eigenvalue weighted by Gasteiger charge is -2.35. The van der Waals surface area contributed by atoms with Crippen LogP contribution in [0.3, 0.4) is 0 Å². The van der Waals surface area contributed by atoms with E-state index in [1.165, 1.54) is 25.7 Å². The zero-order valence-corrected chi connectivity index (χ0v) is 28.0. The number of halogens is 1. The molecule has 2 aromatic carbocycles. The molecule has 3 nitrogen and oxygen atoms in total. The third-order valence-electron chi connectivity index (χ3n) is 7.41. The molecule has 0 heterocycles. The molecule has 0 saturated carbocycles. The summed E-state index contributed by atoms with van der Waals surface area (Å²) in [5.41, 5.74) is 2.08. The number of carbonyl (C=O) groups is 2. The van der Waals surface area contributed by atoms with Gasteiger partial charge in [0.05, 0.1) is 11.0 Å². The van der Waals surface area contributed by atoms with E-state index in [4.69, 9.17) is 11.6 Å². The van der Waals surface area contributed by atoms with E-state index in [2.05, 4.69) is 39.9 Å². The summed E-state index contributed by atoms with van der Waals surface area (Å²) in [4.78, 5) is 23.5. The summed E-state index contributed by atoms with van der Waals surface area (Å²) in [5, 5.41) is 3.99. The van der Waals surface area contributed by atoms with Gasteiger partial charge >= 0.3 is 0 Å². The van der Waals surface area contributed by atoms with Gasteiger partial charge in [0.1, 0.15) is 5.78 Å². The number of nitrogens with one attached hydrogen (secondary N) is 1. The van der Waals surface area contributed by atoms with E-state index < -0.39 is 11.0 Å². The first-order valence-electron chi connectivity index (χ1n) is 15.4. The van der Waals surface area contributed by atoms with Crippen molar-refractivity contribution in [2.75, 3.05) is 0 Å². The summed E-state index contributed by atoms with van der Waals surface area (Å²) < 4.78 is 0. The lowest BCUT2D eigenvalue weighted by atomic mass is 9.76. The molecule has 0 aliphatic carbocycles. The first-order chi connectivity index (χ1) is 18.8. The first kappa shape index (κ1) is 37.9. The number of hydrogen-bond donors (Lipinski definition) is 1. The Labute approximate surface area is 251 Å². The van der Waals surface area contributed by atoms with Crippen molar-refractivity contribution in [3.05, 3.63) is 70.2 Å². The molecule has 4 heteroatoms. The molecular weight excluding hydrogens is 514 g/mol. The van der Waals surface area contributed by atoms with Crippen LogP contribution in [0, 0.1) is 12.8 Å². The molecule has 1 unspecified atom stereocenters. The van der Waals surface area contributed by atoms with Crippen LogP contribution < -0.4 is 5.32 Å². The molecule has 0 spiro atoms. The number of Topliss-reactive ketones (excluding diaryl/α,β-unsaturated/α-hetero) is 1. The van der Waals surface area contributed by atoms with Gasteiger partial charge in [0.15, 0.2) is 0 Å². The van der Waals surface area contributed by atoms with Crippen LogP contribution in [0.4, 0.5) is 0 Å². The van der Waals surface area contributed by atoms with Crippen molar-refractivity contribution in [1.82, 2.24) is 5.32 Å². The van der Waals surface area contributed by atoms with Crippen molar-refractivity contribution in [3.63, 3.8) is 0 Å². The summed E-state index contributed by atoms with van der Waals surface area (Å²) >= 11 is 6.17. The Balaban J connectivity index is 0.000000832. The Hall–Kier alpha value is -2.13. The highest BCUT2D eigenvalue weighted by molar-refractivity contribution is 6.31. The van der Waals surface area contributed by atoms with Crippen molar-refractivity contribution in [1.29, 1.82) is 0 Å². The number of hydrogen-bond acceptors (Lipinski definition) is 2. The van der Waals surface area contributed by atoms with Gasteiger partial charge in [-0.1, -0.05) is 127 Å². The number of unbranched alkanes of at least 4 members (excludes halogenated alkanes) is 1. The molecule has 0 saturated heterocycles. The van der Waals surface area contributed by atoms with Gasteiger partial charge in [-0.3, -0.25) is 4.79 Å². The SMILES string of the molecule is CCCC(C)(C(=O)NC(C)(C)c1ccccc1)c1ccc(Cl)c(C)c1.CCCC(C)CCC.CCCCC(C)=O. The van der Waals surface area contributed by atoms with Crippen LogP contribution in [0.5, 0.6) is 0 Å². The molecule has 2 aromatic rings. The van der Waals surface area contributed by atoms with E-state index in [1.54, 1.807) is 6.92 Å². The maximum absolute atomic E-state index is 13.3. The molecule has 1 amide bonds. The van der Waals surface area contributed by atoms with Gasteiger partial charge in [-0.25, -0.2) is 0 Å². The number of rotatable bonds is 13. The van der Waals surface area contributed by atoms with Crippen LogP contribution in [0.25, 0.3) is 0 Å². The highest BCUT2D eigenvalue weighted by atomic mass is 35.5. The van der Waals surface area contributed by atoms with E-state index >= 15 is 0 Å². The first-order valence-corrected chi connectivity index (χ1v) is 15.8. The van der Waals surface area contributed by atoms with Crippen LogP contribution in [0.1, 0.15) is 137 Å². The molecule has 0 fully saturated rings. The highest BCUT2D eigenvalue weighted by Crippen LogP contribution is 2.33. The highest BCUT2D eigenvalue weighted by Gasteiger charge is 2.37. The molecule has 40 heavy (non-hydrogen) atoms. The standard InChI is InChI=1S/C22H28ClNO.C8H18.C6H12O/c1-6-14-22(5,18-12-13-19(23)16(2)15-18)20(25)24-21(3,4)17-10-8-7-9-11-17;1-4-6-8(3)7-5-2;1-3-4-5-6(2)7/h7-13,15H,6,14H2,1-5H3,(H,24,25);8H,4-7H2,1-3H3;3-5H2,1-2H3. The van der Waals surface area contributed by atoms with E-state index in [1.807, 2.05) is 76.2 Å². The zero-order chi connectivity index (χ0) is 30.8.